The molecular formula is C47H45IrN3O-2. The molecule has 0 saturated heterocycles. The van der Waals surface area contributed by atoms with Gasteiger partial charge in [0.25, 0.3) is 0 Å². The van der Waals surface area contributed by atoms with Crippen LogP contribution in [0.3, 0.4) is 0 Å². The summed E-state index contributed by atoms with van der Waals surface area (Å²) in [6, 6.07) is 40.4. The van der Waals surface area contributed by atoms with Crippen molar-refractivity contribution in [3.8, 4) is 22.5 Å². The molecule has 52 heavy (non-hydrogen) atoms. The van der Waals surface area contributed by atoms with E-state index in [1.807, 2.05) is 30.5 Å². The molecule has 0 fully saturated rings. The van der Waals surface area contributed by atoms with Crippen molar-refractivity contribution in [2.75, 3.05) is 0 Å². The van der Waals surface area contributed by atoms with E-state index in [0.29, 0.717) is 0 Å². The maximum atomic E-state index is 6.77. The van der Waals surface area contributed by atoms with E-state index in [-0.39, 0.29) is 36.4 Å². The number of hydrogen-bond donors (Lipinski definition) is 0. The second-order valence-corrected chi connectivity index (χ2v) is 16.5. The van der Waals surface area contributed by atoms with Crippen LogP contribution in [0.15, 0.2) is 114 Å². The Morgan fingerprint density at radius 1 is 0.577 bits per heavy atom. The van der Waals surface area contributed by atoms with Crippen molar-refractivity contribution in [1.29, 1.82) is 0 Å². The van der Waals surface area contributed by atoms with Crippen LogP contribution >= 0.6 is 0 Å². The van der Waals surface area contributed by atoms with Crippen LogP contribution in [0.4, 0.5) is 0 Å². The molecule has 0 N–H and O–H groups in total. The van der Waals surface area contributed by atoms with E-state index in [2.05, 4.69) is 162 Å². The van der Waals surface area contributed by atoms with Crippen LogP contribution in [-0.2, 0) is 36.4 Å². The average molecular weight is 860 g/mol. The Hall–Kier alpha value is -4.70. The topological polar surface area (TPSA) is 51.8 Å². The van der Waals surface area contributed by atoms with Gasteiger partial charge in [0, 0.05) is 48.2 Å². The summed E-state index contributed by atoms with van der Waals surface area (Å²) in [6.07, 6.45) is 3.60. The third-order valence-corrected chi connectivity index (χ3v) is 9.55. The van der Waals surface area contributed by atoms with Crippen LogP contribution in [0, 0.1) is 12.1 Å². The first-order valence-corrected chi connectivity index (χ1v) is 17.7. The summed E-state index contributed by atoms with van der Waals surface area (Å²) in [7, 11) is 0. The molecule has 3 aromatic heterocycles. The molecule has 5 aromatic carbocycles. The van der Waals surface area contributed by atoms with E-state index >= 15 is 0 Å². The second-order valence-electron chi connectivity index (χ2n) is 16.5. The molecule has 0 atom stereocenters. The van der Waals surface area contributed by atoms with Crippen molar-refractivity contribution in [1.82, 2.24) is 15.0 Å². The Kier molecular flexibility index (Phi) is 10.00. The molecule has 0 aliphatic heterocycles. The Balaban J connectivity index is 0.000000230. The van der Waals surface area contributed by atoms with Crippen LogP contribution in [0.5, 0.6) is 0 Å². The normalized spacial score (nSPS) is 12.2. The van der Waals surface area contributed by atoms with Crippen LogP contribution in [0.1, 0.15) is 79.1 Å². The largest absolute Gasteiger partial charge is 0.500 e. The fourth-order valence-corrected chi connectivity index (χ4v) is 6.60. The summed E-state index contributed by atoms with van der Waals surface area (Å²) in [4.78, 5) is 13.7. The zero-order chi connectivity index (χ0) is 36.1. The average Bonchev–Trinajstić information content (AvgIpc) is 3.51. The van der Waals surface area contributed by atoms with Crippen molar-refractivity contribution in [3.63, 3.8) is 0 Å². The van der Waals surface area contributed by atoms with Gasteiger partial charge in [0.1, 0.15) is 11.9 Å². The predicted molar refractivity (Wildman–Crippen MR) is 213 cm³/mol. The maximum absolute atomic E-state index is 6.77. The summed E-state index contributed by atoms with van der Waals surface area (Å²) >= 11 is 0. The number of furan rings is 1. The standard InChI is InChI=1S/C32H29N2O.C15H16N.Ir/c1-31(2,3)25-16-15-23(26-17-27(32(4,5)6)34-18-33-26)30-28(25)24-14-13-21-20-10-8-7-9-19(20)11-12-22(21)29(24)35-30;1-15(2,3)13-9-10-14(16-11-13)12-7-5-4-6-8-12;/h7-14,16-18H,1-6H3;4-7,9-11H,1-3H3;/q2*-1;. The quantitative estimate of drug-likeness (QED) is 0.128. The van der Waals surface area contributed by atoms with Gasteiger partial charge in [-0.3, -0.25) is 4.98 Å². The van der Waals surface area contributed by atoms with E-state index in [9.17, 15) is 0 Å². The van der Waals surface area contributed by atoms with Crippen molar-refractivity contribution >= 4 is 43.5 Å². The van der Waals surface area contributed by atoms with Crippen LogP contribution < -0.4 is 0 Å². The summed E-state index contributed by atoms with van der Waals surface area (Å²) in [5, 5.41) is 7.08. The molecule has 0 amide bonds. The first kappa shape index (κ1) is 37.1. The number of benzene rings is 5. The van der Waals surface area contributed by atoms with Gasteiger partial charge in [0.2, 0.25) is 0 Å². The molecule has 265 valence electrons. The number of pyridine rings is 1. The molecular weight excluding hydrogens is 815 g/mol. The van der Waals surface area contributed by atoms with Gasteiger partial charge in [0.05, 0.1) is 5.58 Å². The molecule has 5 heteroatoms. The third-order valence-electron chi connectivity index (χ3n) is 9.55. The Morgan fingerprint density at radius 3 is 1.98 bits per heavy atom. The molecule has 8 aromatic rings. The van der Waals surface area contributed by atoms with Gasteiger partial charge in [-0.05, 0) is 43.9 Å². The maximum Gasteiger partial charge on any atom is 0.128 e. The van der Waals surface area contributed by atoms with E-state index in [1.54, 1.807) is 6.33 Å². The van der Waals surface area contributed by atoms with Crippen molar-refractivity contribution in [3.05, 3.63) is 139 Å². The van der Waals surface area contributed by atoms with Crippen LogP contribution in [-0.4, -0.2) is 15.0 Å². The molecule has 0 unspecified atom stereocenters. The molecule has 0 aliphatic rings. The first-order valence-electron chi connectivity index (χ1n) is 17.7. The molecule has 0 bridgehead atoms. The zero-order valence-electron chi connectivity index (χ0n) is 31.5. The third kappa shape index (κ3) is 7.18. The molecule has 0 aliphatic carbocycles. The van der Waals surface area contributed by atoms with Gasteiger partial charge in [-0.15, -0.1) is 53.6 Å². The second kappa shape index (κ2) is 14.0. The van der Waals surface area contributed by atoms with E-state index < -0.39 is 0 Å². The molecule has 1 radical (unpaired) electrons. The molecule has 0 saturated carbocycles. The van der Waals surface area contributed by atoms with Gasteiger partial charge >= 0.3 is 0 Å². The van der Waals surface area contributed by atoms with E-state index in [0.717, 1.165) is 55.5 Å². The molecule has 4 nitrogen and oxygen atoms in total. The van der Waals surface area contributed by atoms with E-state index in [1.165, 1.54) is 27.3 Å². The van der Waals surface area contributed by atoms with E-state index in [4.69, 9.17) is 4.42 Å². The molecule has 8 rings (SSSR count). The zero-order valence-corrected chi connectivity index (χ0v) is 33.9. The number of hydrogen-bond acceptors (Lipinski definition) is 4. The fourth-order valence-electron chi connectivity index (χ4n) is 6.60. The van der Waals surface area contributed by atoms with Gasteiger partial charge in [-0.2, -0.15) is 0 Å². The molecule has 0 spiro atoms. The number of fused-ring (bicyclic) bond motifs is 7. The predicted octanol–water partition coefficient (Wildman–Crippen LogP) is 12.6. The SMILES string of the molecule is CC(C)(C)c1cc(-c2[c-]cc(C(C)(C)C)c3c2oc2c4ccc5ccccc5c4ccc23)ncn1.CC(C)(C)c1ccc(-c2[c-]cccc2)nc1.[Ir]. The monoisotopic (exact) mass is 860 g/mol. The summed E-state index contributed by atoms with van der Waals surface area (Å²) in [6.45, 7) is 19.8. The first-order chi connectivity index (χ1) is 24.2. The minimum absolute atomic E-state index is 0. The minimum atomic E-state index is -0.0761. The molecule has 3 heterocycles. The van der Waals surface area contributed by atoms with Gasteiger partial charge in [0.15, 0.2) is 0 Å². The number of nitrogens with zero attached hydrogens (tertiary/aromatic N) is 3. The van der Waals surface area contributed by atoms with Gasteiger partial charge in [-0.25, -0.2) is 4.98 Å². The Labute approximate surface area is 321 Å². The van der Waals surface area contributed by atoms with Gasteiger partial charge < -0.3 is 9.40 Å². The number of aromatic nitrogens is 3. The van der Waals surface area contributed by atoms with Gasteiger partial charge in [-0.1, -0.05) is 140 Å². The number of rotatable bonds is 2. The Morgan fingerprint density at radius 2 is 1.31 bits per heavy atom. The van der Waals surface area contributed by atoms with Crippen molar-refractivity contribution in [2.45, 2.75) is 78.6 Å². The van der Waals surface area contributed by atoms with Crippen LogP contribution in [0.25, 0.3) is 66.0 Å². The Bertz CT molecular complexity index is 2510. The summed E-state index contributed by atoms with van der Waals surface area (Å²) in [5.74, 6) is 0. The smallest absolute Gasteiger partial charge is 0.128 e. The van der Waals surface area contributed by atoms with Crippen molar-refractivity contribution < 1.29 is 24.5 Å². The fraction of sp³-hybridized carbons (Fsp3) is 0.255. The summed E-state index contributed by atoms with van der Waals surface area (Å²) in [5.41, 5.74) is 8.99. The summed E-state index contributed by atoms with van der Waals surface area (Å²) < 4.78 is 6.77. The van der Waals surface area contributed by atoms with Crippen LogP contribution in [0.2, 0.25) is 0 Å². The minimum Gasteiger partial charge on any atom is -0.500 e. The van der Waals surface area contributed by atoms with Crippen molar-refractivity contribution in [2.24, 2.45) is 0 Å².